The van der Waals surface area contributed by atoms with E-state index in [1.807, 2.05) is 0 Å². The van der Waals surface area contributed by atoms with E-state index in [1.54, 1.807) is 5.38 Å². The number of rotatable bonds is 3. The molecule has 116 valence electrons. The molecule has 1 amide bonds. The maximum Gasteiger partial charge on any atom is 0.416 e. The van der Waals surface area contributed by atoms with E-state index < -0.39 is 23.6 Å². The lowest BCUT2D eigenvalue weighted by Crippen LogP contribution is -2.14. The third kappa shape index (κ3) is 3.45. The number of amides is 1. The highest BCUT2D eigenvalue weighted by atomic mass is 32.1. The SMILES string of the molecule is COC(=O)c1sccc1NC(=O)c1ccc(C(F)(F)F)cc1. The molecule has 22 heavy (non-hydrogen) atoms. The predicted octanol–water partition coefficient (Wildman–Crippen LogP) is 3.81. The van der Waals surface area contributed by atoms with Crippen LogP contribution in [0.1, 0.15) is 25.6 Å². The van der Waals surface area contributed by atoms with Crippen LogP contribution in [0.2, 0.25) is 0 Å². The molecule has 1 aromatic carbocycles. The molecule has 0 atom stereocenters. The number of thiophene rings is 1. The molecule has 0 aliphatic rings. The van der Waals surface area contributed by atoms with Gasteiger partial charge in [-0.3, -0.25) is 4.79 Å². The summed E-state index contributed by atoms with van der Waals surface area (Å²) in [4.78, 5) is 23.7. The second-order valence-corrected chi connectivity index (χ2v) is 5.10. The molecule has 0 spiro atoms. The Bertz CT molecular complexity index is 692. The third-order valence-electron chi connectivity index (χ3n) is 2.76. The minimum absolute atomic E-state index is 0.0509. The predicted molar refractivity (Wildman–Crippen MR) is 75.1 cm³/mol. The van der Waals surface area contributed by atoms with Crippen LogP contribution in [0.4, 0.5) is 18.9 Å². The molecule has 8 heteroatoms. The van der Waals surface area contributed by atoms with Crippen molar-refractivity contribution in [1.82, 2.24) is 0 Å². The molecule has 0 bridgehead atoms. The average Bonchev–Trinajstić information content (AvgIpc) is 2.93. The number of hydrogen-bond donors (Lipinski definition) is 1. The van der Waals surface area contributed by atoms with Crippen LogP contribution >= 0.6 is 11.3 Å². The first-order valence-electron chi connectivity index (χ1n) is 5.97. The highest BCUT2D eigenvalue weighted by Gasteiger charge is 2.30. The second-order valence-electron chi connectivity index (χ2n) is 4.18. The Kier molecular flexibility index (Phi) is 4.51. The summed E-state index contributed by atoms with van der Waals surface area (Å²) >= 11 is 1.09. The van der Waals surface area contributed by atoms with E-state index in [0.717, 1.165) is 35.6 Å². The van der Waals surface area contributed by atoms with Crippen molar-refractivity contribution in [3.63, 3.8) is 0 Å². The molecule has 1 aromatic heterocycles. The highest BCUT2D eigenvalue weighted by Crippen LogP contribution is 2.29. The lowest BCUT2D eigenvalue weighted by molar-refractivity contribution is -0.137. The summed E-state index contributed by atoms with van der Waals surface area (Å²) < 4.78 is 41.9. The topological polar surface area (TPSA) is 55.4 Å². The van der Waals surface area contributed by atoms with Gasteiger partial charge in [-0.05, 0) is 35.7 Å². The van der Waals surface area contributed by atoms with Crippen LogP contribution in [0.25, 0.3) is 0 Å². The van der Waals surface area contributed by atoms with E-state index >= 15 is 0 Å². The largest absolute Gasteiger partial charge is 0.465 e. The zero-order valence-electron chi connectivity index (χ0n) is 11.2. The minimum atomic E-state index is -4.46. The summed E-state index contributed by atoms with van der Waals surface area (Å²) in [5.74, 6) is -1.21. The number of carbonyl (C=O) groups is 2. The van der Waals surface area contributed by atoms with Gasteiger partial charge in [0, 0.05) is 5.56 Å². The quantitative estimate of drug-likeness (QED) is 0.871. The summed E-state index contributed by atoms with van der Waals surface area (Å²) in [7, 11) is 1.21. The first-order chi connectivity index (χ1) is 10.3. The van der Waals surface area contributed by atoms with Crippen molar-refractivity contribution in [2.24, 2.45) is 0 Å². The molecule has 0 radical (unpaired) electrons. The Balaban J connectivity index is 2.16. The monoisotopic (exact) mass is 329 g/mol. The van der Waals surface area contributed by atoms with E-state index in [4.69, 9.17) is 0 Å². The number of alkyl halides is 3. The van der Waals surface area contributed by atoms with Gasteiger partial charge in [-0.1, -0.05) is 0 Å². The van der Waals surface area contributed by atoms with Crippen LogP contribution in [0.5, 0.6) is 0 Å². The van der Waals surface area contributed by atoms with Gasteiger partial charge in [0.15, 0.2) is 0 Å². The van der Waals surface area contributed by atoms with Gasteiger partial charge in [-0.2, -0.15) is 13.2 Å². The molecule has 2 rings (SSSR count). The van der Waals surface area contributed by atoms with Gasteiger partial charge in [0.05, 0.1) is 18.4 Å². The molecule has 0 fully saturated rings. The fourth-order valence-electron chi connectivity index (χ4n) is 1.66. The van der Waals surface area contributed by atoms with Crippen molar-refractivity contribution in [3.05, 3.63) is 51.7 Å². The Morgan fingerprint density at radius 1 is 1.14 bits per heavy atom. The number of ether oxygens (including phenoxy) is 1. The Morgan fingerprint density at radius 3 is 2.32 bits per heavy atom. The van der Waals surface area contributed by atoms with Crippen molar-refractivity contribution in [1.29, 1.82) is 0 Å². The van der Waals surface area contributed by atoms with E-state index in [0.29, 0.717) is 0 Å². The fraction of sp³-hybridized carbons (Fsp3) is 0.143. The summed E-state index contributed by atoms with van der Waals surface area (Å²) in [6, 6.07) is 5.30. The molecule has 2 aromatic rings. The van der Waals surface area contributed by atoms with Crippen molar-refractivity contribution >= 4 is 28.9 Å². The van der Waals surface area contributed by atoms with E-state index in [-0.39, 0.29) is 16.1 Å². The molecule has 0 saturated carbocycles. The number of hydrogen-bond acceptors (Lipinski definition) is 4. The molecule has 4 nitrogen and oxygen atoms in total. The average molecular weight is 329 g/mol. The van der Waals surface area contributed by atoms with Crippen LogP contribution < -0.4 is 5.32 Å². The molecule has 0 aliphatic heterocycles. The number of halogens is 3. The number of esters is 1. The van der Waals surface area contributed by atoms with Gasteiger partial charge in [-0.15, -0.1) is 11.3 Å². The lowest BCUT2D eigenvalue weighted by Gasteiger charge is -2.08. The first-order valence-corrected chi connectivity index (χ1v) is 6.85. The smallest absolute Gasteiger partial charge is 0.416 e. The van der Waals surface area contributed by atoms with Gasteiger partial charge >= 0.3 is 12.1 Å². The van der Waals surface area contributed by atoms with Crippen LogP contribution in [-0.2, 0) is 10.9 Å². The van der Waals surface area contributed by atoms with Crippen LogP contribution in [0.15, 0.2) is 35.7 Å². The number of anilines is 1. The van der Waals surface area contributed by atoms with Gasteiger partial charge in [0.1, 0.15) is 4.88 Å². The molecule has 0 saturated heterocycles. The molecular weight excluding hydrogens is 319 g/mol. The molecule has 0 aliphatic carbocycles. The normalized spacial score (nSPS) is 11.1. The van der Waals surface area contributed by atoms with Crippen molar-refractivity contribution in [3.8, 4) is 0 Å². The summed E-state index contributed by atoms with van der Waals surface area (Å²) in [6.45, 7) is 0. The van der Waals surface area contributed by atoms with Gasteiger partial charge in [0.25, 0.3) is 5.91 Å². The maximum atomic E-state index is 12.5. The maximum absolute atomic E-state index is 12.5. The van der Waals surface area contributed by atoms with Crippen LogP contribution in [0, 0.1) is 0 Å². The van der Waals surface area contributed by atoms with E-state index in [1.165, 1.54) is 13.2 Å². The zero-order valence-corrected chi connectivity index (χ0v) is 12.0. The fourth-order valence-corrected chi connectivity index (χ4v) is 2.43. The lowest BCUT2D eigenvalue weighted by atomic mass is 10.1. The van der Waals surface area contributed by atoms with Crippen molar-refractivity contribution < 1.29 is 27.5 Å². The Morgan fingerprint density at radius 2 is 1.77 bits per heavy atom. The Hall–Kier alpha value is -2.35. The number of benzene rings is 1. The zero-order chi connectivity index (χ0) is 16.3. The third-order valence-corrected chi connectivity index (χ3v) is 3.65. The number of nitrogens with one attached hydrogen (secondary N) is 1. The standard InChI is InChI=1S/C14H10F3NO3S/c1-21-13(20)11-10(6-7-22-11)18-12(19)8-2-4-9(5-3-8)14(15,16)17/h2-7H,1H3,(H,18,19). The van der Waals surface area contributed by atoms with E-state index in [9.17, 15) is 22.8 Å². The molecule has 0 unspecified atom stereocenters. The Labute approximate surface area is 127 Å². The number of carbonyl (C=O) groups excluding carboxylic acids is 2. The highest BCUT2D eigenvalue weighted by molar-refractivity contribution is 7.12. The first kappa shape index (κ1) is 16.0. The summed E-state index contributed by atoms with van der Waals surface area (Å²) in [5.41, 5.74) is -0.536. The second kappa shape index (κ2) is 6.18. The molecule has 1 heterocycles. The summed E-state index contributed by atoms with van der Waals surface area (Å²) in [6.07, 6.45) is -4.46. The van der Waals surface area contributed by atoms with Crippen molar-refractivity contribution in [2.75, 3.05) is 12.4 Å². The summed E-state index contributed by atoms with van der Waals surface area (Å²) in [5, 5.41) is 4.06. The van der Waals surface area contributed by atoms with Crippen LogP contribution in [0.3, 0.4) is 0 Å². The van der Waals surface area contributed by atoms with Crippen molar-refractivity contribution in [2.45, 2.75) is 6.18 Å². The van der Waals surface area contributed by atoms with E-state index in [2.05, 4.69) is 10.1 Å². The van der Waals surface area contributed by atoms with Gasteiger partial charge in [-0.25, -0.2) is 4.79 Å². The van der Waals surface area contributed by atoms with Gasteiger partial charge in [0.2, 0.25) is 0 Å². The number of methoxy groups -OCH3 is 1. The molecule has 1 N–H and O–H groups in total. The molecular formula is C14H10F3NO3S. The van der Waals surface area contributed by atoms with Crippen LogP contribution in [-0.4, -0.2) is 19.0 Å². The minimum Gasteiger partial charge on any atom is -0.465 e. The van der Waals surface area contributed by atoms with Gasteiger partial charge < -0.3 is 10.1 Å².